The van der Waals surface area contributed by atoms with E-state index >= 15 is 0 Å². The fourth-order valence-electron chi connectivity index (χ4n) is 4.32. The first-order valence-corrected chi connectivity index (χ1v) is 13.5. The molecule has 1 saturated heterocycles. The van der Waals surface area contributed by atoms with Crippen LogP contribution < -0.4 is 10.2 Å². The molecule has 2 aliphatic heterocycles. The lowest BCUT2D eigenvalue weighted by molar-refractivity contribution is 0.0198. The molecule has 4 rings (SSSR count). The van der Waals surface area contributed by atoms with E-state index in [0.717, 1.165) is 48.6 Å². The summed E-state index contributed by atoms with van der Waals surface area (Å²) < 4.78 is 29.2. The smallest absolute Gasteiger partial charge is 0.410 e. The summed E-state index contributed by atoms with van der Waals surface area (Å²) in [6.07, 6.45) is 5.04. The molecule has 0 atom stereocenters. The largest absolute Gasteiger partial charge is 0.444 e. The van der Waals surface area contributed by atoms with E-state index in [-0.39, 0.29) is 6.09 Å². The van der Waals surface area contributed by atoms with Crippen molar-refractivity contribution >= 4 is 27.4 Å². The number of piperidine rings is 1. The second-order valence-corrected chi connectivity index (χ2v) is 12.0. The molecule has 0 spiro atoms. The van der Waals surface area contributed by atoms with Gasteiger partial charge in [0, 0.05) is 50.2 Å². The molecule has 10 heteroatoms. The van der Waals surface area contributed by atoms with Gasteiger partial charge in [-0.3, -0.25) is 0 Å². The van der Waals surface area contributed by atoms with E-state index in [2.05, 4.69) is 20.2 Å². The first-order chi connectivity index (χ1) is 16.0. The van der Waals surface area contributed by atoms with Crippen molar-refractivity contribution in [1.29, 1.82) is 0 Å². The van der Waals surface area contributed by atoms with Gasteiger partial charge in [0.15, 0.2) is 9.84 Å². The van der Waals surface area contributed by atoms with Crippen molar-refractivity contribution < 1.29 is 17.9 Å². The minimum atomic E-state index is -3.23. The van der Waals surface area contributed by atoms with E-state index in [1.54, 1.807) is 23.4 Å². The summed E-state index contributed by atoms with van der Waals surface area (Å²) in [6, 6.07) is 7.55. The Morgan fingerprint density at radius 3 is 2.56 bits per heavy atom. The van der Waals surface area contributed by atoms with E-state index in [0.29, 0.717) is 30.6 Å². The molecule has 184 valence electrons. The van der Waals surface area contributed by atoms with Crippen LogP contribution in [0.15, 0.2) is 35.5 Å². The second kappa shape index (κ2) is 9.50. The van der Waals surface area contributed by atoms with Crippen molar-refractivity contribution in [1.82, 2.24) is 20.2 Å². The van der Waals surface area contributed by atoms with E-state index in [1.165, 1.54) is 6.26 Å². The van der Waals surface area contributed by atoms with Gasteiger partial charge in [0.1, 0.15) is 17.7 Å². The number of carbonyl (C=O) groups excluding carboxylic acids is 1. The Balaban J connectivity index is 1.34. The first kappa shape index (κ1) is 24.4. The number of ether oxygens (including phenoxy) is 1. The van der Waals surface area contributed by atoms with Crippen LogP contribution in [0.4, 0.5) is 16.3 Å². The average Bonchev–Trinajstić information content (AvgIpc) is 3.20. The van der Waals surface area contributed by atoms with Crippen LogP contribution in [0.5, 0.6) is 0 Å². The van der Waals surface area contributed by atoms with Crippen LogP contribution in [-0.2, 0) is 27.5 Å². The van der Waals surface area contributed by atoms with Crippen molar-refractivity contribution in [2.75, 3.05) is 30.8 Å². The lowest BCUT2D eigenvalue weighted by Gasteiger charge is -2.33. The third kappa shape index (κ3) is 5.85. The van der Waals surface area contributed by atoms with Crippen molar-refractivity contribution in [2.24, 2.45) is 0 Å². The third-order valence-electron chi connectivity index (χ3n) is 6.08. The first-order valence-electron chi connectivity index (χ1n) is 11.6. The van der Waals surface area contributed by atoms with Gasteiger partial charge in [-0.05, 0) is 63.8 Å². The van der Waals surface area contributed by atoms with Crippen LogP contribution >= 0.6 is 0 Å². The normalized spacial score (nSPS) is 17.1. The number of sulfone groups is 1. The Hall–Kier alpha value is -2.72. The molecular weight excluding hydrogens is 454 g/mol. The molecule has 0 unspecified atom stereocenters. The highest BCUT2D eigenvalue weighted by Crippen LogP contribution is 2.35. The standard InChI is InChI=1S/C24H33N5O4S/c1-24(2,3)33-23(30)28-10-8-18(9-11-28)25-15-19-14-22(27-16-26-19)29-12-7-17-13-20(34(4,31)32)5-6-21(17)29/h5-6,13-14,16,18,25H,7-12,15H2,1-4H3. The van der Waals surface area contributed by atoms with E-state index in [1.807, 2.05) is 32.9 Å². The number of benzene rings is 1. The SMILES string of the molecule is CC(C)(C)OC(=O)N1CCC(NCc2cc(N3CCc4cc(S(C)(=O)=O)ccc43)ncn2)CC1. The lowest BCUT2D eigenvalue weighted by Crippen LogP contribution is -2.46. The average molecular weight is 488 g/mol. The summed E-state index contributed by atoms with van der Waals surface area (Å²) in [5, 5.41) is 3.55. The fraction of sp³-hybridized carbons (Fsp3) is 0.542. The highest BCUT2D eigenvalue weighted by Gasteiger charge is 2.27. The number of nitrogens with one attached hydrogen (secondary N) is 1. The Morgan fingerprint density at radius 2 is 1.88 bits per heavy atom. The predicted molar refractivity (Wildman–Crippen MR) is 130 cm³/mol. The molecule has 0 saturated carbocycles. The molecule has 34 heavy (non-hydrogen) atoms. The number of hydrogen-bond acceptors (Lipinski definition) is 8. The minimum absolute atomic E-state index is 0.249. The minimum Gasteiger partial charge on any atom is -0.444 e. The third-order valence-corrected chi connectivity index (χ3v) is 7.19. The lowest BCUT2D eigenvalue weighted by atomic mass is 10.1. The molecule has 1 fully saturated rings. The highest BCUT2D eigenvalue weighted by molar-refractivity contribution is 7.90. The molecular formula is C24H33N5O4S. The number of nitrogens with zero attached hydrogens (tertiary/aromatic N) is 4. The number of aromatic nitrogens is 2. The van der Waals surface area contributed by atoms with Crippen LogP contribution in [0.25, 0.3) is 0 Å². The maximum Gasteiger partial charge on any atom is 0.410 e. The molecule has 1 amide bonds. The van der Waals surface area contributed by atoms with Crippen molar-refractivity contribution in [2.45, 2.75) is 63.1 Å². The van der Waals surface area contributed by atoms with Gasteiger partial charge >= 0.3 is 6.09 Å². The van der Waals surface area contributed by atoms with Gasteiger partial charge in [-0.25, -0.2) is 23.2 Å². The second-order valence-electron chi connectivity index (χ2n) is 9.95. The van der Waals surface area contributed by atoms with E-state index in [9.17, 15) is 13.2 Å². The number of amides is 1. The molecule has 0 aliphatic carbocycles. The predicted octanol–water partition coefficient (Wildman–Crippen LogP) is 3.06. The van der Waals surface area contributed by atoms with E-state index < -0.39 is 15.4 Å². The van der Waals surface area contributed by atoms with Crippen LogP contribution in [0, 0.1) is 0 Å². The summed E-state index contributed by atoms with van der Waals surface area (Å²) in [5.41, 5.74) is 2.40. The Labute approximate surface area is 201 Å². The van der Waals surface area contributed by atoms with Crippen molar-refractivity contribution in [3.05, 3.63) is 41.9 Å². The Morgan fingerprint density at radius 1 is 1.15 bits per heavy atom. The van der Waals surface area contributed by atoms with Gasteiger partial charge in [0.25, 0.3) is 0 Å². The highest BCUT2D eigenvalue weighted by atomic mass is 32.2. The number of hydrogen-bond donors (Lipinski definition) is 1. The molecule has 0 radical (unpaired) electrons. The fourth-order valence-corrected chi connectivity index (χ4v) is 4.99. The number of likely N-dealkylation sites (tertiary alicyclic amines) is 1. The molecule has 1 N–H and O–H groups in total. The molecule has 1 aromatic carbocycles. The van der Waals surface area contributed by atoms with Gasteiger partial charge in [-0.1, -0.05) is 0 Å². The number of anilines is 2. The summed E-state index contributed by atoms with van der Waals surface area (Å²) in [6.45, 7) is 8.33. The van der Waals surface area contributed by atoms with Crippen LogP contribution in [0.1, 0.15) is 44.9 Å². The zero-order valence-electron chi connectivity index (χ0n) is 20.2. The number of carbonyl (C=O) groups is 1. The zero-order chi connectivity index (χ0) is 24.5. The molecule has 0 bridgehead atoms. The van der Waals surface area contributed by atoms with Gasteiger partial charge in [-0.15, -0.1) is 0 Å². The van der Waals surface area contributed by atoms with Gasteiger partial charge < -0.3 is 19.9 Å². The Bertz CT molecular complexity index is 1150. The monoisotopic (exact) mass is 487 g/mol. The topological polar surface area (TPSA) is 105 Å². The summed E-state index contributed by atoms with van der Waals surface area (Å²) in [5.74, 6) is 0.803. The molecule has 1 aromatic heterocycles. The van der Waals surface area contributed by atoms with Gasteiger partial charge in [0.05, 0.1) is 10.6 Å². The maximum absolute atomic E-state index is 12.3. The molecule has 3 heterocycles. The van der Waals surface area contributed by atoms with Crippen molar-refractivity contribution in [3.63, 3.8) is 0 Å². The maximum atomic E-state index is 12.3. The van der Waals surface area contributed by atoms with Crippen molar-refractivity contribution in [3.8, 4) is 0 Å². The van der Waals surface area contributed by atoms with Crippen LogP contribution in [0.2, 0.25) is 0 Å². The Kier molecular flexibility index (Phi) is 6.82. The summed E-state index contributed by atoms with van der Waals surface area (Å²) in [7, 11) is -3.23. The van der Waals surface area contributed by atoms with Gasteiger partial charge in [-0.2, -0.15) is 0 Å². The van der Waals surface area contributed by atoms with Crippen LogP contribution in [-0.4, -0.2) is 66.9 Å². The summed E-state index contributed by atoms with van der Waals surface area (Å²) in [4.78, 5) is 25.3. The number of fused-ring (bicyclic) bond motifs is 1. The zero-order valence-corrected chi connectivity index (χ0v) is 21.1. The van der Waals surface area contributed by atoms with Gasteiger partial charge in [0.2, 0.25) is 0 Å². The number of rotatable bonds is 5. The summed E-state index contributed by atoms with van der Waals surface area (Å²) >= 11 is 0. The molecule has 9 nitrogen and oxygen atoms in total. The molecule has 2 aliphatic rings. The van der Waals surface area contributed by atoms with Crippen LogP contribution in [0.3, 0.4) is 0 Å². The van der Waals surface area contributed by atoms with E-state index in [4.69, 9.17) is 4.74 Å². The quantitative estimate of drug-likeness (QED) is 0.686. The molecule has 2 aromatic rings.